The van der Waals surface area contributed by atoms with Crippen molar-refractivity contribution in [2.45, 2.75) is 23.9 Å². The summed E-state index contributed by atoms with van der Waals surface area (Å²) in [7, 11) is 1.59. The summed E-state index contributed by atoms with van der Waals surface area (Å²) < 4.78 is 6.93. The molecule has 0 saturated heterocycles. The van der Waals surface area contributed by atoms with Crippen molar-refractivity contribution in [2.24, 2.45) is 0 Å². The average Bonchev–Trinajstić information content (AvgIpc) is 3.14. The molecular weight excluding hydrogens is 350 g/mol. The third-order valence-electron chi connectivity index (χ3n) is 3.72. The van der Waals surface area contributed by atoms with E-state index in [4.69, 9.17) is 4.74 Å². The number of carbonyl (C=O) groups excluding carboxylic acids is 1. The fourth-order valence-corrected chi connectivity index (χ4v) is 3.17. The predicted octanol–water partition coefficient (Wildman–Crippen LogP) is 2.47. The lowest BCUT2D eigenvalue weighted by Crippen LogP contribution is -2.30. The minimum Gasteiger partial charge on any atom is -0.494 e. The van der Waals surface area contributed by atoms with E-state index in [1.54, 1.807) is 11.8 Å². The van der Waals surface area contributed by atoms with E-state index in [1.165, 1.54) is 11.8 Å². The molecule has 134 valence electrons. The maximum Gasteiger partial charge on any atom is 0.233 e. The van der Waals surface area contributed by atoms with Gasteiger partial charge in [-0.15, -0.1) is 5.10 Å². The van der Waals surface area contributed by atoms with E-state index in [0.717, 1.165) is 11.3 Å². The number of nitrogens with one attached hydrogen (secondary N) is 1. The molecule has 0 aliphatic heterocycles. The summed E-state index contributed by atoms with van der Waals surface area (Å²) in [6.07, 6.45) is 0. The fourth-order valence-electron chi connectivity index (χ4n) is 2.35. The summed E-state index contributed by atoms with van der Waals surface area (Å²) >= 11 is 1.29. The molecule has 0 radical (unpaired) electrons. The first-order valence-corrected chi connectivity index (χ1v) is 8.97. The number of amides is 1. The van der Waals surface area contributed by atoms with E-state index in [1.807, 2.05) is 61.5 Å². The maximum atomic E-state index is 12.4. The zero-order chi connectivity index (χ0) is 18.4. The lowest BCUT2D eigenvalue weighted by Gasteiger charge is -2.13. The summed E-state index contributed by atoms with van der Waals surface area (Å²) in [5.41, 5.74) is 1.77. The van der Waals surface area contributed by atoms with E-state index in [9.17, 15) is 4.79 Å². The van der Waals surface area contributed by atoms with Crippen LogP contribution in [0.2, 0.25) is 0 Å². The lowest BCUT2D eigenvalue weighted by atomic mass is 10.2. The van der Waals surface area contributed by atoms with Gasteiger partial charge in [-0.25, -0.2) is 0 Å². The van der Waals surface area contributed by atoms with E-state index < -0.39 is 0 Å². The molecule has 1 heterocycles. The Hall–Kier alpha value is -2.87. The number of hydrogen-bond acceptors (Lipinski definition) is 6. The first-order chi connectivity index (χ1) is 12.7. The number of ether oxygens (including phenoxy) is 1. The van der Waals surface area contributed by atoms with Crippen molar-refractivity contribution < 1.29 is 9.53 Å². The molecule has 1 N–H and O–H groups in total. The standard InChI is InChI=1S/C18H19N5O2S/c1-13(17(24)19-12-14-8-4-3-5-9-14)26-18-20-21-22-23(18)15-10-6-7-11-16(15)25-2/h3-11,13H,12H2,1-2H3,(H,19,24). The van der Waals surface area contributed by atoms with Crippen molar-refractivity contribution in [3.8, 4) is 11.4 Å². The van der Waals surface area contributed by atoms with Gasteiger partial charge < -0.3 is 10.1 Å². The highest BCUT2D eigenvalue weighted by atomic mass is 32.2. The Balaban J connectivity index is 1.67. The Bertz CT molecular complexity index is 869. The van der Waals surface area contributed by atoms with Gasteiger partial charge in [0.1, 0.15) is 11.4 Å². The van der Waals surface area contributed by atoms with Crippen molar-refractivity contribution >= 4 is 17.7 Å². The Morgan fingerprint density at radius 3 is 2.69 bits per heavy atom. The van der Waals surface area contributed by atoms with E-state index >= 15 is 0 Å². The average molecular weight is 369 g/mol. The van der Waals surface area contributed by atoms with Crippen LogP contribution in [0.3, 0.4) is 0 Å². The van der Waals surface area contributed by atoms with Crippen LogP contribution in [0.25, 0.3) is 5.69 Å². The molecular formula is C18H19N5O2S. The number of carbonyl (C=O) groups is 1. The second kappa shape index (κ2) is 8.48. The molecule has 1 amide bonds. The fraction of sp³-hybridized carbons (Fsp3) is 0.222. The zero-order valence-electron chi connectivity index (χ0n) is 14.5. The first kappa shape index (κ1) is 17.9. The van der Waals surface area contributed by atoms with Gasteiger partial charge in [0, 0.05) is 6.54 Å². The Kier molecular flexibility index (Phi) is 5.85. The summed E-state index contributed by atoms with van der Waals surface area (Å²) in [4.78, 5) is 12.4. The van der Waals surface area contributed by atoms with E-state index in [2.05, 4.69) is 20.8 Å². The SMILES string of the molecule is COc1ccccc1-n1nnnc1SC(C)C(=O)NCc1ccccc1. The maximum absolute atomic E-state index is 12.4. The van der Waals surface area contributed by atoms with Crippen molar-refractivity contribution in [3.05, 3.63) is 60.2 Å². The number of para-hydroxylation sites is 2. The van der Waals surface area contributed by atoms with E-state index in [-0.39, 0.29) is 11.2 Å². The molecule has 26 heavy (non-hydrogen) atoms. The van der Waals surface area contributed by atoms with Gasteiger partial charge in [-0.3, -0.25) is 4.79 Å². The quantitative estimate of drug-likeness (QED) is 0.644. The molecule has 3 aromatic rings. The van der Waals surface area contributed by atoms with Crippen LogP contribution >= 0.6 is 11.8 Å². The smallest absolute Gasteiger partial charge is 0.233 e. The minimum atomic E-state index is -0.349. The van der Waals surface area contributed by atoms with Gasteiger partial charge in [-0.2, -0.15) is 4.68 Å². The van der Waals surface area contributed by atoms with Crippen LogP contribution in [0.5, 0.6) is 5.75 Å². The molecule has 1 aromatic heterocycles. The molecule has 3 rings (SSSR count). The monoisotopic (exact) mass is 369 g/mol. The second-order valence-electron chi connectivity index (χ2n) is 5.51. The molecule has 0 fully saturated rings. The van der Waals surface area contributed by atoms with Crippen molar-refractivity contribution in [2.75, 3.05) is 7.11 Å². The van der Waals surface area contributed by atoms with Crippen LogP contribution in [0.1, 0.15) is 12.5 Å². The third kappa shape index (κ3) is 4.20. The number of benzene rings is 2. The van der Waals surface area contributed by atoms with Gasteiger partial charge >= 0.3 is 0 Å². The van der Waals surface area contributed by atoms with Crippen molar-refractivity contribution in [3.63, 3.8) is 0 Å². The van der Waals surface area contributed by atoms with Gasteiger partial charge in [0.25, 0.3) is 0 Å². The highest BCUT2D eigenvalue weighted by molar-refractivity contribution is 8.00. The normalized spacial score (nSPS) is 11.8. The number of methoxy groups -OCH3 is 1. The molecule has 0 bridgehead atoms. The molecule has 0 aliphatic rings. The summed E-state index contributed by atoms with van der Waals surface area (Å²) in [5.74, 6) is 0.580. The molecule has 7 nitrogen and oxygen atoms in total. The summed E-state index contributed by atoms with van der Waals surface area (Å²) in [5, 5.41) is 14.9. The number of hydrogen-bond donors (Lipinski definition) is 1. The highest BCUT2D eigenvalue weighted by Crippen LogP contribution is 2.27. The van der Waals surface area contributed by atoms with Crippen LogP contribution in [0.15, 0.2) is 59.8 Å². The van der Waals surface area contributed by atoms with Crippen LogP contribution < -0.4 is 10.1 Å². The highest BCUT2D eigenvalue weighted by Gasteiger charge is 2.20. The van der Waals surface area contributed by atoms with Gasteiger partial charge in [0.15, 0.2) is 0 Å². The Morgan fingerprint density at radius 1 is 1.19 bits per heavy atom. The number of nitrogens with zero attached hydrogens (tertiary/aromatic N) is 4. The summed E-state index contributed by atoms with van der Waals surface area (Å²) in [6.45, 7) is 2.31. The Morgan fingerprint density at radius 2 is 1.92 bits per heavy atom. The molecule has 2 aromatic carbocycles. The number of thioether (sulfide) groups is 1. The van der Waals surface area contributed by atoms with Crippen LogP contribution in [0, 0.1) is 0 Å². The second-order valence-corrected chi connectivity index (χ2v) is 6.82. The first-order valence-electron chi connectivity index (χ1n) is 8.09. The molecule has 1 atom stereocenters. The lowest BCUT2D eigenvalue weighted by molar-refractivity contribution is -0.120. The van der Waals surface area contributed by atoms with Crippen LogP contribution in [-0.4, -0.2) is 38.5 Å². The third-order valence-corrected chi connectivity index (χ3v) is 4.75. The van der Waals surface area contributed by atoms with Crippen molar-refractivity contribution in [1.29, 1.82) is 0 Å². The van der Waals surface area contributed by atoms with Gasteiger partial charge in [-0.1, -0.05) is 54.2 Å². The number of rotatable bonds is 7. The number of aromatic nitrogens is 4. The largest absolute Gasteiger partial charge is 0.494 e. The van der Waals surface area contributed by atoms with E-state index in [0.29, 0.717) is 17.5 Å². The summed E-state index contributed by atoms with van der Waals surface area (Å²) in [6, 6.07) is 17.2. The number of tetrazole rings is 1. The topological polar surface area (TPSA) is 81.9 Å². The zero-order valence-corrected chi connectivity index (χ0v) is 15.3. The molecule has 1 unspecified atom stereocenters. The van der Waals surface area contributed by atoms with Gasteiger partial charge in [-0.05, 0) is 35.0 Å². The van der Waals surface area contributed by atoms with Crippen LogP contribution in [0.4, 0.5) is 0 Å². The predicted molar refractivity (Wildman–Crippen MR) is 99.3 cm³/mol. The minimum absolute atomic E-state index is 0.0755. The molecule has 0 spiro atoms. The van der Waals surface area contributed by atoms with Crippen molar-refractivity contribution in [1.82, 2.24) is 25.5 Å². The van der Waals surface area contributed by atoms with Crippen LogP contribution in [-0.2, 0) is 11.3 Å². The molecule has 8 heteroatoms. The van der Waals surface area contributed by atoms with Gasteiger partial charge in [0.05, 0.1) is 12.4 Å². The van der Waals surface area contributed by atoms with Gasteiger partial charge in [0.2, 0.25) is 11.1 Å². The molecule has 0 saturated carbocycles. The Labute approximate surface area is 155 Å². The molecule has 0 aliphatic carbocycles.